The third-order valence-corrected chi connectivity index (χ3v) is 3.93. The Hall–Kier alpha value is -3.48. The Balaban J connectivity index is 1.87. The maximum absolute atomic E-state index is 12.2. The van der Waals surface area contributed by atoms with Gasteiger partial charge >= 0.3 is 5.97 Å². The fourth-order valence-corrected chi connectivity index (χ4v) is 2.44. The number of anilines is 1. The topological polar surface area (TPSA) is 83.1 Å². The molecule has 1 atom stereocenters. The third-order valence-electron chi connectivity index (χ3n) is 3.93. The molecule has 0 saturated heterocycles. The number of carbonyl (C=O) groups is 2. The number of hydrogen-bond donors (Lipinski definition) is 1. The van der Waals surface area contributed by atoms with Crippen molar-refractivity contribution in [2.45, 2.75) is 20.0 Å². The maximum atomic E-state index is 12.2. The molecule has 0 aromatic heterocycles. The minimum atomic E-state index is -0.979. The van der Waals surface area contributed by atoms with E-state index in [1.165, 1.54) is 14.0 Å². The fourth-order valence-electron chi connectivity index (χ4n) is 2.44. The van der Waals surface area contributed by atoms with Crippen molar-refractivity contribution in [3.8, 4) is 17.2 Å². The lowest BCUT2D eigenvalue weighted by molar-refractivity contribution is -0.155. The van der Waals surface area contributed by atoms with Gasteiger partial charge in [-0.2, -0.15) is 0 Å². The molecule has 7 nitrogen and oxygen atoms in total. The van der Waals surface area contributed by atoms with Crippen LogP contribution in [0.3, 0.4) is 0 Å². The Labute approximate surface area is 170 Å². The van der Waals surface area contributed by atoms with Crippen LogP contribution in [0.2, 0.25) is 0 Å². The Morgan fingerprint density at radius 3 is 2.38 bits per heavy atom. The molecule has 29 heavy (non-hydrogen) atoms. The van der Waals surface area contributed by atoms with Crippen LogP contribution in [-0.4, -0.2) is 38.8 Å². The highest BCUT2D eigenvalue weighted by Gasteiger charge is 2.19. The summed E-state index contributed by atoms with van der Waals surface area (Å²) in [6.45, 7) is 3.06. The van der Waals surface area contributed by atoms with Gasteiger partial charge in [0.15, 0.2) is 24.2 Å². The summed E-state index contributed by atoms with van der Waals surface area (Å²) in [5.41, 5.74) is 1.52. The number of esters is 1. The van der Waals surface area contributed by atoms with E-state index in [2.05, 4.69) is 5.32 Å². The van der Waals surface area contributed by atoms with Crippen LogP contribution in [0.1, 0.15) is 19.4 Å². The molecule has 0 bridgehead atoms. The molecule has 0 spiro atoms. The van der Waals surface area contributed by atoms with Gasteiger partial charge in [0.25, 0.3) is 5.91 Å². The summed E-state index contributed by atoms with van der Waals surface area (Å²) in [6, 6.07) is 12.2. The average molecular weight is 399 g/mol. The van der Waals surface area contributed by atoms with Crippen LogP contribution >= 0.6 is 0 Å². The van der Waals surface area contributed by atoms with Gasteiger partial charge in [0, 0.05) is 5.69 Å². The molecule has 0 saturated carbocycles. The summed E-state index contributed by atoms with van der Waals surface area (Å²) in [4.78, 5) is 24.2. The van der Waals surface area contributed by atoms with Crippen LogP contribution in [0.25, 0.3) is 6.08 Å². The molecule has 2 aromatic carbocycles. The second-order valence-electron chi connectivity index (χ2n) is 6.05. The van der Waals surface area contributed by atoms with Crippen molar-refractivity contribution in [1.29, 1.82) is 0 Å². The van der Waals surface area contributed by atoms with Gasteiger partial charge in [-0.1, -0.05) is 18.2 Å². The zero-order valence-corrected chi connectivity index (χ0v) is 16.9. The van der Waals surface area contributed by atoms with Crippen LogP contribution in [0.4, 0.5) is 5.69 Å². The Morgan fingerprint density at radius 1 is 1.03 bits per heavy atom. The molecule has 0 aliphatic carbocycles. The number of allylic oxidation sites excluding steroid dienone is 1. The van der Waals surface area contributed by atoms with Crippen molar-refractivity contribution >= 4 is 23.6 Å². The molecule has 1 amide bonds. The largest absolute Gasteiger partial charge is 0.497 e. The van der Waals surface area contributed by atoms with E-state index < -0.39 is 18.0 Å². The van der Waals surface area contributed by atoms with E-state index in [1.54, 1.807) is 43.5 Å². The molecule has 154 valence electrons. The lowest BCUT2D eigenvalue weighted by atomic mass is 10.2. The van der Waals surface area contributed by atoms with Crippen LogP contribution in [0.5, 0.6) is 17.2 Å². The minimum absolute atomic E-state index is 0.348. The van der Waals surface area contributed by atoms with Crippen molar-refractivity contribution < 1.29 is 28.5 Å². The summed E-state index contributed by atoms with van der Waals surface area (Å²) >= 11 is 0. The van der Waals surface area contributed by atoms with Gasteiger partial charge in [0.1, 0.15) is 5.75 Å². The van der Waals surface area contributed by atoms with Crippen molar-refractivity contribution in [2.24, 2.45) is 0 Å². The van der Waals surface area contributed by atoms with E-state index in [0.29, 0.717) is 22.9 Å². The van der Waals surface area contributed by atoms with Gasteiger partial charge in [-0.05, 0) is 55.8 Å². The lowest BCUT2D eigenvalue weighted by Gasteiger charge is -2.15. The van der Waals surface area contributed by atoms with Crippen LogP contribution < -0.4 is 19.5 Å². The first-order valence-electron chi connectivity index (χ1n) is 9.04. The summed E-state index contributed by atoms with van der Waals surface area (Å²) in [6.07, 6.45) is 2.85. The molecule has 0 radical (unpaired) electrons. The van der Waals surface area contributed by atoms with E-state index in [-0.39, 0.29) is 6.61 Å². The Morgan fingerprint density at radius 2 is 1.76 bits per heavy atom. The number of ether oxygens (including phenoxy) is 4. The molecule has 0 fully saturated rings. The monoisotopic (exact) mass is 399 g/mol. The average Bonchev–Trinajstić information content (AvgIpc) is 2.73. The second kappa shape index (κ2) is 10.8. The van der Waals surface area contributed by atoms with Gasteiger partial charge in [-0.3, -0.25) is 4.79 Å². The number of benzene rings is 2. The molecule has 2 aromatic rings. The normalized spacial score (nSPS) is 11.6. The molecule has 0 heterocycles. The first-order valence-corrected chi connectivity index (χ1v) is 9.04. The van der Waals surface area contributed by atoms with E-state index in [0.717, 1.165) is 5.56 Å². The molecule has 0 aliphatic rings. The number of nitrogens with one attached hydrogen (secondary N) is 1. The number of hydrogen-bond acceptors (Lipinski definition) is 6. The van der Waals surface area contributed by atoms with E-state index in [1.807, 2.05) is 25.1 Å². The van der Waals surface area contributed by atoms with Gasteiger partial charge in [-0.15, -0.1) is 0 Å². The summed E-state index contributed by atoms with van der Waals surface area (Å²) in [5, 5.41) is 2.67. The third kappa shape index (κ3) is 6.57. The number of carbonyl (C=O) groups excluding carboxylic acids is 2. The predicted octanol–water partition coefficient (Wildman–Crippen LogP) is 3.69. The Kier molecular flexibility index (Phi) is 8.09. The van der Waals surface area contributed by atoms with Gasteiger partial charge in [0.05, 0.1) is 14.2 Å². The molecule has 0 aliphatic heterocycles. The van der Waals surface area contributed by atoms with E-state index in [9.17, 15) is 9.59 Å². The lowest BCUT2D eigenvalue weighted by Crippen LogP contribution is -2.31. The highest BCUT2D eigenvalue weighted by Crippen LogP contribution is 2.28. The second-order valence-corrected chi connectivity index (χ2v) is 6.05. The van der Waals surface area contributed by atoms with Crippen LogP contribution in [0.15, 0.2) is 48.5 Å². The predicted molar refractivity (Wildman–Crippen MR) is 110 cm³/mol. The molecule has 0 unspecified atom stereocenters. The maximum Gasteiger partial charge on any atom is 0.344 e. The first kappa shape index (κ1) is 21.8. The highest BCUT2D eigenvalue weighted by atomic mass is 16.6. The zero-order chi connectivity index (χ0) is 21.2. The van der Waals surface area contributed by atoms with Crippen LogP contribution in [-0.2, 0) is 14.3 Å². The number of rotatable bonds is 9. The van der Waals surface area contributed by atoms with Crippen molar-refractivity contribution in [3.05, 3.63) is 54.1 Å². The van der Waals surface area contributed by atoms with Gasteiger partial charge < -0.3 is 24.3 Å². The van der Waals surface area contributed by atoms with Crippen molar-refractivity contribution in [1.82, 2.24) is 0 Å². The summed E-state index contributed by atoms with van der Waals surface area (Å²) in [7, 11) is 3.08. The minimum Gasteiger partial charge on any atom is -0.497 e. The van der Waals surface area contributed by atoms with Crippen molar-refractivity contribution in [3.63, 3.8) is 0 Å². The first-order chi connectivity index (χ1) is 14.0. The summed E-state index contributed by atoms with van der Waals surface area (Å²) in [5.74, 6) is 0.472. The molecular formula is C22H25NO6. The quantitative estimate of drug-likeness (QED) is 0.648. The number of methoxy groups -OCH3 is 2. The molecule has 1 N–H and O–H groups in total. The number of amides is 1. The highest BCUT2D eigenvalue weighted by molar-refractivity contribution is 5.95. The standard InChI is InChI=1S/C22H25NO6/c1-5-6-16-7-12-19(20(13-16)27-4)28-14-21(24)29-15(2)22(25)23-17-8-10-18(26-3)11-9-17/h5-13,15H,14H2,1-4H3,(H,23,25)/b6-5+/t15-/m1/s1. The van der Waals surface area contributed by atoms with Crippen molar-refractivity contribution in [2.75, 3.05) is 26.1 Å². The van der Waals surface area contributed by atoms with Gasteiger partial charge in [0.2, 0.25) is 0 Å². The van der Waals surface area contributed by atoms with E-state index in [4.69, 9.17) is 18.9 Å². The Bertz CT molecular complexity index is 860. The molecule has 7 heteroatoms. The van der Waals surface area contributed by atoms with E-state index >= 15 is 0 Å². The smallest absolute Gasteiger partial charge is 0.344 e. The fraction of sp³-hybridized carbons (Fsp3) is 0.273. The SMILES string of the molecule is C/C=C/c1ccc(OCC(=O)O[C@H](C)C(=O)Nc2ccc(OC)cc2)c(OC)c1. The zero-order valence-electron chi connectivity index (χ0n) is 16.9. The summed E-state index contributed by atoms with van der Waals surface area (Å²) < 4.78 is 21.0. The van der Waals surface area contributed by atoms with Gasteiger partial charge in [-0.25, -0.2) is 4.79 Å². The molecular weight excluding hydrogens is 374 g/mol. The molecule has 2 rings (SSSR count). The van der Waals surface area contributed by atoms with Crippen LogP contribution in [0, 0.1) is 0 Å².